The van der Waals surface area contributed by atoms with Gasteiger partial charge in [-0.3, -0.25) is 21.0 Å². The van der Waals surface area contributed by atoms with Crippen LogP contribution >= 0.6 is 0 Å². The van der Waals surface area contributed by atoms with Crippen molar-refractivity contribution in [1.29, 1.82) is 0 Å². The van der Waals surface area contributed by atoms with Gasteiger partial charge in [0.15, 0.2) is 0 Å². The molecule has 126 valence electrons. The summed E-state index contributed by atoms with van der Waals surface area (Å²) in [6.45, 7) is 7.12. The molecule has 0 fully saturated rings. The first-order chi connectivity index (χ1) is 10.8. The topological polar surface area (TPSA) is 103 Å². The fraction of sp³-hybridized carbons (Fsp3) is 0.400. The van der Waals surface area contributed by atoms with Crippen LogP contribution in [0.1, 0.15) is 23.6 Å². The first-order valence-corrected chi connectivity index (χ1v) is 7.01. The molecule has 23 heavy (non-hydrogen) atoms. The van der Waals surface area contributed by atoms with Gasteiger partial charge in [0.25, 0.3) is 5.69 Å². The minimum Gasteiger partial charge on any atom is -0.481 e. The van der Waals surface area contributed by atoms with Gasteiger partial charge in [0.1, 0.15) is 0 Å². The predicted octanol–water partition coefficient (Wildman–Crippen LogP) is 2.49. The molecule has 8 heteroatoms. The Kier molecular flexibility index (Phi) is 6.37. The second-order valence-corrected chi connectivity index (χ2v) is 4.83. The quantitative estimate of drug-likeness (QED) is 0.261. The second kappa shape index (κ2) is 8.02. The van der Waals surface area contributed by atoms with Crippen LogP contribution in [0.2, 0.25) is 0 Å². The van der Waals surface area contributed by atoms with Crippen molar-refractivity contribution in [3.63, 3.8) is 0 Å². The summed E-state index contributed by atoms with van der Waals surface area (Å²) < 4.78 is 9.81. The molecule has 0 bridgehead atoms. The van der Waals surface area contributed by atoms with Gasteiger partial charge >= 0.3 is 5.97 Å². The molecule has 0 saturated heterocycles. The lowest BCUT2D eigenvalue weighted by atomic mass is 10.0. The van der Waals surface area contributed by atoms with E-state index in [1.807, 2.05) is 6.92 Å². The van der Waals surface area contributed by atoms with Crippen molar-refractivity contribution in [2.24, 2.45) is 0 Å². The maximum absolute atomic E-state index is 11.4. The van der Waals surface area contributed by atoms with Crippen LogP contribution in [0.15, 0.2) is 18.0 Å². The number of carbonyl (C=O) groups excluding carboxylic acids is 1. The summed E-state index contributed by atoms with van der Waals surface area (Å²) in [5.74, 6) is -0.424. The van der Waals surface area contributed by atoms with Crippen molar-refractivity contribution in [1.82, 2.24) is 5.43 Å². The van der Waals surface area contributed by atoms with E-state index in [1.54, 1.807) is 26.8 Å². The third-order valence-electron chi connectivity index (χ3n) is 3.18. The van der Waals surface area contributed by atoms with Crippen molar-refractivity contribution in [3.05, 3.63) is 44.8 Å². The lowest BCUT2D eigenvalue weighted by molar-refractivity contribution is -0.386. The van der Waals surface area contributed by atoms with Crippen LogP contribution in [0.25, 0.3) is 0 Å². The summed E-state index contributed by atoms with van der Waals surface area (Å²) in [4.78, 5) is 22.2. The fourth-order valence-electron chi connectivity index (χ4n) is 2.21. The van der Waals surface area contributed by atoms with Crippen LogP contribution in [0.4, 0.5) is 11.4 Å². The lowest BCUT2D eigenvalue weighted by Crippen LogP contribution is -2.24. The van der Waals surface area contributed by atoms with Crippen molar-refractivity contribution in [2.45, 2.75) is 27.7 Å². The van der Waals surface area contributed by atoms with Gasteiger partial charge in [-0.15, -0.1) is 0 Å². The van der Waals surface area contributed by atoms with Gasteiger partial charge in [-0.25, -0.2) is 4.79 Å². The second-order valence-electron chi connectivity index (χ2n) is 4.83. The number of hydrazine groups is 1. The summed E-state index contributed by atoms with van der Waals surface area (Å²) in [5, 5.41) is 11.2. The number of aryl methyl sites for hydroxylation is 2. The molecule has 0 aliphatic heterocycles. The van der Waals surface area contributed by atoms with Gasteiger partial charge in [0.2, 0.25) is 5.88 Å². The third-order valence-corrected chi connectivity index (χ3v) is 3.18. The summed E-state index contributed by atoms with van der Waals surface area (Å²) >= 11 is 0. The highest BCUT2D eigenvalue weighted by molar-refractivity contribution is 5.82. The van der Waals surface area contributed by atoms with Crippen LogP contribution in [0.5, 0.6) is 0 Å². The first-order valence-electron chi connectivity index (χ1n) is 7.01. The van der Waals surface area contributed by atoms with Crippen molar-refractivity contribution in [2.75, 3.05) is 19.1 Å². The molecule has 0 heterocycles. The number of nitro benzene ring substituents is 1. The highest BCUT2D eigenvalue weighted by atomic mass is 16.6. The maximum atomic E-state index is 11.4. The first kappa shape index (κ1) is 18.3. The Hall–Kier alpha value is -2.77. The molecule has 1 aromatic rings. The highest BCUT2D eigenvalue weighted by Crippen LogP contribution is 2.32. The Labute approximate surface area is 134 Å². The van der Waals surface area contributed by atoms with Gasteiger partial charge < -0.3 is 9.47 Å². The maximum Gasteiger partial charge on any atom is 0.336 e. The number of esters is 1. The Morgan fingerprint density at radius 1 is 1.35 bits per heavy atom. The molecule has 1 rings (SSSR count). The van der Waals surface area contributed by atoms with Crippen molar-refractivity contribution >= 4 is 17.3 Å². The Morgan fingerprint density at radius 3 is 2.52 bits per heavy atom. The van der Waals surface area contributed by atoms with E-state index >= 15 is 0 Å². The van der Waals surface area contributed by atoms with E-state index in [0.717, 1.165) is 11.6 Å². The zero-order valence-electron chi connectivity index (χ0n) is 13.9. The van der Waals surface area contributed by atoms with E-state index in [2.05, 4.69) is 10.9 Å². The fourth-order valence-corrected chi connectivity index (χ4v) is 2.21. The number of nitrogens with one attached hydrogen (secondary N) is 2. The standard InChI is InChI=1S/C15H21N3O5/c1-6-23-13(19)8-12(22-5)16-17-14-9(2)7-10(3)15(11(14)4)18(20)21/h7-8,16-17H,6H2,1-5H3. The number of ether oxygens (including phenoxy) is 2. The van der Waals surface area contributed by atoms with Gasteiger partial charge in [0.05, 0.1) is 36.0 Å². The molecular weight excluding hydrogens is 302 g/mol. The summed E-state index contributed by atoms with van der Waals surface area (Å²) in [6.07, 6.45) is 1.14. The molecular formula is C15H21N3O5. The molecule has 1 aromatic carbocycles. The average Bonchev–Trinajstić information content (AvgIpc) is 2.44. The Balaban J connectivity index is 3.03. The largest absolute Gasteiger partial charge is 0.481 e. The van der Waals surface area contributed by atoms with Crippen LogP contribution < -0.4 is 10.9 Å². The SMILES string of the molecule is CCOC(=O)C=C(NNc1c(C)cc(C)c([N+](=O)[O-])c1C)OC. The van der Waals surface area contributed by atoms with E-state index in [4.69, 9.17) is 9.47 Å². The van der Waals surface area contributed by atoms with E-state index in [9.17, 15) is 14.9 Å². The van der Waals surface area contributed by atoms with E-state index in [1.165, 1.54) is 7.11 Å². The van der Waals surface area contributed by atoms with Gasteiger partial charge in [-0.1, -0.05) is 0 Å². The minimum atomic E-state index is -0.554. The molecule has 0 radical (unpaired) electrons. The summed E-state index contributed by atoms with van der Waals surface area (Å²) in [5.41, 5.74) is 8.06. The number of nitrogens with zero attached hydrogens (tertiary/aromatic N) is 1. The highest BCUT2D eigenvalue weighted by Gasteiger charge is 2.20. The molecule has 0 aliphatic rings. The number of anilines is 1. The third kappa shape index (κ3) is 4.60. The Bertz CT molecular complexity index is 640. The molecule has 0 atom stereocenters. The predicted molar refractivity (Wildman–Crippen MR) is 85.8 cm³/mol. The molecule has 0 amide bonds. The van der Waals surface area contributed by atoms with Crippen LogP contribution in [0, 0.1) is 30.9 Å². The number of hydrogen-bond acceptors (Lipinski definition) is 7. The summed E-state index contributed by atoms with van der Waals surface area (Å²) in [6, 6.07) is 1.72. The lowest BCUT2D eigenvalue weighted by Gasteiger charge is -2.16. The molecule has 0 aromatic heterocycles. The molecule has 0 unspecified atom stereocenters. The van der Waals surface area contributed by atoms with Gasteiger partial charge in [0, 0.05) is 5.56 Å². The molecule has 8 nitrogen and oxygen atoms in total. The number of carbonyl (C=O) groups is 1. The van der Waals surface area contributed by atoms with Crippen LogP contribution in [0.3, 0.4) is 0 Å². The zero-order chi connectivity index (χ0) is 17.6. The number of methoxy groups -OCH3 is 1. The molecule has 0 spiro atoms. The number of hydrogen-bond donors (Lipinski definition) is 2. The monoisotopic (exact) mass is 323 g/mol. The van der Waals surface area contributed by atoms with Crippen LogP contribution in [-0.4, -0.2) is 24.6 Å². The minimum absolute atomic E-state index is 0.0493. The van der Waals surface area contributed by atoms with E-state index in [-0.39, 0.29) is 18.2 Å². The van der Waals surface area contributed by atoms with Crippen molar-refractivity contribution < 1.29 is 19.2 Å². The summed E-state index contributed by atoms with van der Waals surface area (Å²) in [7, 11) is 1.39. The molecule has 0 saturated carbocycles. The van der Waals surface area contributed by atoms with Crippen molar-refractivity contribution in [3.8, 4) is 0 Å². The number of nitro groups is 1. The van der Waals surface area contributed by atoms with Gasteiger partial charge in [-0.2, -0.15) is 0 Å². The zero-order valence-corrected chi connectivity index (χ0v) is 13.9. The van der Waals surface area contributed by atoms with E-state index < -0.39 is 10.9 Å². The normalized spacial score (nSPS) is 10.9. The number of benzene rings is 1. The molecule has 2 N–H and O–H groups in total. The van der Waals surface area contributed by atoms with E-state index in [0.29, 0.717) is 16.8 Å². The van der Waals surface area contributed by atoms with Gasteiger partial charge in [-0.05, 0) is 39.3 Å². The average molecular weight is 323 g/mol. The smallest absolute Gasteiger partial charge is 0.336 e. The number of rotatable bonds is 7. The Morgan fingerprint density at radius 2 is 2.00 bits per heavy atom. The van der Waals surface area contributed by atoms with Crippen LogP contribution in [-0.2, 0) is 14.3 Å². The molecule has 0 aliphatic carbocycles.